The Bertz CT molecular complexity index is 373. The number of ether oxygens (including phenoxy) is 1. The van der Waals surface area contributed by atoms with Crippen molar-refractivity contribution in [2.75, 3.05) is 13.7 Å². The summed E-state index contributed by atoms with van der Waals surface area (Å²) in [5.41, 5.74) is 7.79. The van der Waals surface area contributed by atoms with Crippen molar-refractivity contribution >= 4 is 0 Å². The summed E-state index contributed by atoms with van der Waals surface area (Å²) >= 11 is 0. The molecule has 1 fully saturated rings. The topological polar surface area (TPSA) is 35.2 Å². The predicted molar refractivity (Wildman–Crippen MR) is 75.8 cm³/mol. The van der Waals surface area contributed by atoms with Crippen molar-refractivity contribution in [2.45, 2.75) is 39.0 Å². The maximum atomic E-state index is 6.08. The van der Waals surface area contributed by atoms with E-state index in [9.17, 15) is 0 Å². The highest BCUT2D eigenvalue weighted by molar-refractivity contribution is 5.28. The smallest absolute Gasteiger partial charge is 0.118 e. The van der Waals surface area contributed by atoms with Gasteiger partial charge in [0.05, 0.1) is 7.11 Å². The maximum absolute atomic E-state index is 6.08. The molecule has 2 unspecified atom stereocenters. The Kier molecular flexibility index (Phi) is 4.28. The highest BCUT2D eigenvalue weighted by Crippen LogP contribution is 2.41. The fourth-order valence-electron chi connectivity index (χ4n) is 3.36. The number of hydrogen-bond donors (Lipinski definition) is 1. The molecule has 1 aliphatic rings. The van der Waals surface area contributed by atoms with Crippen molar-refractivity contribution in [3.63, 3.8) is 0 Å². The molecule has 2 nitrogen and oxygen atoms in total. The summed E-state index contributed by atoms with van der Waals surface area (Å²) in [7, 11) is 1.71. The summed E-state index contributed by atoms with van der Waals surface area (Å²) in [6.45, 7) is 3.17. The first-order valence-electron chi connectivity index (χ1n) is 7.00. The van der Waals surface area contributed by atoms with E-state index in [1.54, 1.807) is 7.11 Å². The molecule has 18 heavy (non-hydrogen) atoms. The van der Waals surface area contributed by atoms with Crippen LogP contribution in [0.4, 0.5) is 0 Å². The Hall–Kier alpha value is -1.02. The molecule has 1 aliphatic carbocycles. The molecule has 2 rings (SSSR count). The van der Waals surface area contributed by atoms with Crippen LogP contribution in [-0.4, -0.2) is 13.7 Å². The van der Waals surface area contributed by atoms with Gasteiger partial charge in [0.2, 0.25) is 0 Å². The van der Waals surface area contributed by atoms with Crippen LogP contribution in [-0.2, 0) is 6.42 Å². The molecule has 2 N–H and O–H groups in total. The summed E-state index contributed by atoms with van der Waals surface area (Å²) in [5, 5.41) is 0. The maximum Gasteiger partial charge on any atom is 0.118 e. The van der Waals surface area contributed by atoms with Crippen LogP contribution in [0, 0.1) is 11.3 Å². The molecule has 1 aromatic rings. The first kappa shape index (κ1) is 13.4. The van der Waals surface area contributed by atoms with Gasteiger partial charge >= 0.3 is 0 Å². The van der Waals surface area contributed by atoms with E-state index in [2.05, 4.69) is 19.1 Å². The third-order valence-electron chi connectivity index (χ3n) is 4.36. The minimum absolute atomic E-state index is 0.326. The highest BCUT2D eigenvalue weighted by atomic mass is 16.5. The van der Waals surface area contributed by atoms with Crippen LogP contribution >= 0.6 is 0 Å². The molecule has 2 atom stereocenters. The summed E-state index contributed by atoms with van der Waals surface area (Å²) in [6, 6.07) is 8.45. The molecule has 0 aliphatic heterocycles. The third-order valence-corrected chi connectivity index (χ3v) is 4.36. The van der Waals surface area contributed by atoms with E-state index in [1.807, 2.05) is 12.1 Å². The van der Waals surface area contributed by atoms with Crippen molar-refractivity contribution < 1.29 is 4.74 Å². The van der Waals surface area contributed by atoms with Crippen molar-refractivity contribution in [3.05, 3.63) is 29.8 Å². The van der Waals surface area contributed by atoms with Gasteiger partial charge in [0.25, 0.3) is 0 Å². The van der Waals surface area contributed by atoms with Gasteiger partial charge in [-0.1, -0.05) is 31.9 Å². The van der Waals surface area contributed by atoms with Gasteiger partial charge in [-0.05, 0) is 54.8 Å². The van der Waals surface area contributed by atoms with E-state index in [0.29, 0.717) is 5.41 Å². The second-order valence-electron chi connectivity index (χ2n) is 5.93. The summed E-state index contributed by atoms with van der Waals surface area (Å²) < 4.78 is 5.20. The van der Waals surface area contributed by atoms with Crippen LogP contribution in [0.1, 0.15) is 38.2 Å². The summed E-state index contributed by atoms with van der Waals surface area (Å²) in [5.74, 6) is 1.75. The number of nitrogens with two attached hydrogens (primary N) is 1. The Morgan fingerprint density at radius 3 is 2.61 bits per heavy atom. The van der Waals surface area contributed by atoms with Gasteiger partial charge in [0.1, 0.15) is 5.75 Å². The first-order chi connectivity index (χ1) is 8.67. The zero-order chi connectivity index (χ0) is 13.0. The molecule has 0 heterocycles. The van der Waals surface area contributed by atoms with E-state index < -0.39 is 0 Å². The average molecular weight is 247 g/mol. The van der Waals surface area contributed by atoms with E-state index in [-0.39, 0.29) is 0 Å². The standard InChI is InChI=1S/C16H25NO/c1-13-4-3-9-16(10-13,12-17)11-14-5-7-15(18-2)8-6-14/h5-8,13H,3-4,9-12,17H2,1-2H3. The van der Waals surface area contributed by atoms with Crippen LogP contribution in [0.15, 0.2) is 24.3 Å². The Labute approximate surface area is 111 Å². The average Bonchev–Trinajstić information content (AvgIpc) is 2.39. The second-order valence-corrected chi connectivity index (χ2v) is 5.93. The normalized spacial score (nSPS) is 28.1. The van der Waals surface area contributed by atoms with Crippen molar-refractivity contribution in [2.24, 2.45) is 17.1 Å². The molecule has 1 aromatic carbocycles. The Balaban J connectivity index is 2.08. The van der Waals surface area contributed by atoms with Crippen LogP contribution in [0.25, 0.3) is 0 Å². The van der Waals surface area contributed by atoms with Crippen molar-refractivity contribution in [1.29, 1.82) is 0 Å². The van der Waals surface area contributed by atoms with Gasteiger partial charge in [-0.25, -0.2) is 0 Å². The SMILES string of the molecule is COc1ccc(CC2(CN)CCCC(C)C2)cc1. The zero-order valence-electron chi connectivity index (χ0n) is 11.6. The Morgan fingerprint density at radius 1 is 1.33 bits per heavy atom. The quantitative estimate of drug-likeness (QED) is 0.885. The molecule has 0 aromatic heterocycles. The zero-order valence-corrected chi connectivity index (χ0v) is 11.6. The molecule has 0 saturated heterocycles. The Morgan fingerprint density at radius 2 is 2.06 bits per heavy atom. The van der Waals surface area contributed by atoms with E-state index in [4.69, 9.17) is 10.5 Å². The lowest BCUT2D eigenvalue weighted by atomic mass is 9.67. The molecule has 100 valence electrons. The van der Waals surface area contributed by atoms with Gasteiger partial charge in [0.15, 0.2) is 0 Å². The third kappa shape index (κ3) is 3.05. The monoisotopic (exact) mass is 247 g/mol. The molecular weight excluding hydrogens is 222 g/mol. The van der Waals surface area contributed by atoms with Gasteiger partial charge in [0, 0.05) is 0 Å². The van der Waals surface area contributed by atoms with Gasteiger partial charge in [-0.3, -0.25) is 0 Å². The molecule has 0 bridgehead atoms. The van der Waals surface area contributed by atoms with E-state index >= 15 is 0 Å². The van der Waals surface area contributed by atoms with Crippen LogP contribution in [0.3, 0.4) is 0 Å². The minimum atomic E-state index is 0.326. The van der Waals surface area contributed by atoms with Crippen LogP contribution < -0.4 is 10.5 Å². The minimum Gasteiger partial charge on any atom is -0.497 e. The van der Waals surface area contributed by atoms with Crippen LogP contribution in [0.2, 0.25) is 0 Å². The lowest BCUT2D eigenvalue weighted by molar-refractivity contribution is 0.154. The largest absolute Gasteiger partial charge is 0.497 e. The fourth-order valence-corrected chi connectivity index (χ4v) is 3.36. The van der Waals surface area contributed by atoms with Gasteiger partial charge in [-0.2, -0.15) is 0 Å². The van der Waals surface area contributed by atoms with Crippen molar-refractivity contribution in [3.8, 4) is 5.75 Å². The predicted octanol–water partition coefficient (Wildman–Crippen LogP) is 3.39. The molecule has 1 saturated carbocycles. The number of rotatable bonds is 4. The summed E-state index contributed by atoms with van der Waals surface area (Å²) in [6.07, 6.45) is 6.35. The van der Waals surface area contributed by atoms with E-state index in [0.717, 1.165) is 24.6 Å². The van der Waals surface area contributed by atoms with E-state index in [1.165, 1.54) is 31.2 Å². The molecule has 0 spiro atoms. The number of methoxy groups -OCH3 is 1. The summed E-state index contributed by atoms with van der Waals surface area (Å²) in [4.78, 5) is 0. The lowest BCUT2D eigenvalue weighted by Crippen LogP contribution is -2.37. The van der Waals surface area contributed by atoms with Gasteiger partial charge < -0.3 is 10.5 Å². The second kappa shape index (κ2) is 5.75. The lowest BCUT2D eigenvalue weighted by Gasteiger charge is -2.39. The number of benzene rings is 1. The first-order valence-corrected chi connectivity index (χ1v) is 7.00. The van der Waals surface area contributed by atoms with Crippen LogP contribution in [0.5, 0.6) is 5.75 Å². The molecule has 2 heteroatoms. The number of hydrogen-bond acceptors (Lipinski definition) is 2. The molecular formula is C16H25NO. The van der Waals surface area contributed by atoms with Gasteiger partial charge in [-0.15, -0.1) is 0 Å². The highest BCUT2D eigenvalue weighted by Gasteiger charge is 2.33. The fraction of sp³-hybridized carbons (Fsp3) is 0.625. The van der Waals surface area contributed by atoms with Crippen molar-refractivity contribution in [1.82, 2.24) is 0 Å². The molecule has 0 radical (unpaired) electrons. The molecule has 0 amide bonds.